The van der Waals surface area contributed by atoms with Crippen molar-refractivity contribution in [3.63, 3.8) is 0 Å². The first-order valence-electron chi connectivity index (χ1n) is 6.48. The summed E-state index contributed by atoms with van der Waals surface area (Å²) in [6, 6.07) is 14.2. The van der Waals surface area contributed by atoms with E-state index in [9.17, 15) is 14.7 Å². The second-order valence-electron chi connectivity index (χ2n) is 4.65. The van der Waals surface area contributed by atoms with Crippen LogP contribution in [0.3, 0.4) is 0 Å². The van der Waals surface area contributed by atoms with Gasteiger partial charge in [-0.1, -0.05) is 42.5 Å². The molecule has 5 heteroatoms. The topological polar surface area (TPSA) is 78.4 Å². The molecule has 0 aliphatic carbocycles. The Hall–Kier alpha value is -2.82. The van der Waals surface area contributed by atoms with E-state index in [1.165, 1.54) is 0 Å². The Kier molecular flexibility index (Phi) is 4.56. The molecule has 0 aliphatic rings. The van der Waals surface area contributed by atoms with Gasteiger partial charge in [-0.2, -0.15) is 0 Å². The Bertz CT molecular complexity index is 641. The van der Waals surface area contributed by atoms with E-state index in [2.05, 4.69) is 10.6 Å². The van der Waals surface area contributed by atoms with Gasteiger partial charge in [0.2, 0.25) is 0 Å². The first-order valence-corrected chi connectivity index (χ1v) is 6.48. The van der Waals surface area contributed by atoms with Gasteiger partial charge in [-0.15, -0.1) is 0 Å². The molecule has 0 aliphatic heterocycles. The number of nitrogens with one attached hydrogen (secondary N) is 2. The number of aryl methyl sites for hydroxylation is 1. The highest BCUT2D eigenvalue weighted by atomic mass is 16.4. The molecule has 2 rings (SSSR count). The number of hydrogen-bond donors (Lipinski definition) is 3. The lowest BCUT2D eigenvalue weighted by Gasteiger charge is -2.15. The summed E-state index contributed by atoms with van der Waals surface area (Å²) in [5.74, 6) is -1.11. The van der Waals surface area contributed by atoms with Gasteiger partial charge < -0.3 is 15.7 Å². The Morgan fingerprint density at radius 3 is 2.38 bits per heavy atom. The summed E-state index contributed by atoms with van der Waals surface area (Å²) in [4.78, 5) is 23.2. The summed E-state index contributed by atoms with van der Waals surface area (Å²) >= 11 is 0. The van der Waals surface area contributed by atoms with Gasteiger partial charge in [0, 0.05) is 5.69 Å². The van der Waals surface area contributed by atoms with Crippen LogP contribution in [0.2, 0.25) is 0 Å². The highest BCUT2D eigenvalue weighted by Crippen LogP contribution is 2.14. The molecule has 0 saturated heterocycles. The minimum absolute atomic E-state index is 0.518. The summed E-state index contributed by atoms with van der Waals surface area (Å²) in [5.41, 5.74) is 2.14. The second kappa shape index (κ2) is 6.56. The fraction of sp³-hybridized carbons (Fsp3) is 0.125. The van der Waals surface area contributed by atoms with Crippen molar-refractivity contribution in [2.75, 3.05) is 5.32 Å². The second-order valence-corrected chi connectivity index (χ2v) is 4.65. The molecule has 1 atom stereocenters. The van der Waals surface area contributed by atoms with Crippen molar-refractivity contribution in [3.05, 3.63) is 65.7 Å². The number of carboxylic acid groups (broad SMARTS) is 1. The number of aliphatic carboxylic acids is 1. The van der Waals surface area contributed by atoms with Crippen LogP contribution in [-0.2, 0) is 4.79 Å². The van der Waals surface area contributed by atoms with Crippen LogP contribution in [0.5, 0.6) is 0 Å². The predicted octanol–water partition coefficient (Wildman–Crippen LogP) is 2.94. The monoisotopic (exact) mass is 284 g/mol. The van der Waals surface area contributed by atoms with E-state index in [0.717, 1.165) is 5.56 Å². The number of carbonyl (C=O) groups is 2. The van der Waals surface area contributed by atoms with Crippen LogP contribution in [0.15, 0.2) is 54.6 Å². The normalized spacial score (nSPS) is 11.5. The number of carboxylic acids is 1. The smallest absolute Gasteiger partial charge is 0.330 e. The zero-order valence-corrected chi connectivity index (χ0v) is 11.5. The lowest BCUT2D eigenvalue weighted by atomic mass is 10.1. The Morgan fingerprint density at radius 2 is 1.76 bits per heavy atom. The standard InChI is InChI=1S/C16H16N2O3/c1-11-6-5-9-13(10-11)17-16(21)18-14(15(19)20)12-7-3-2-4-8-12/h2-10,14H,1H3,(H,19,20)(H2,17,18,21). The number of anilines is 1. The number of urea groups is 1. The number of rotatable bonds is 4. The van der Waals surface area contributed by atoms with Crippen molar-refractivity contribution in [1.29, 1.82) is 0 Å². The third-order valence-electron chi connectivity index (χ3n) is 2.93. The molecule has 21 heavy (non-hydrogen) atoms. The third-order valence-corrected chi connectivity index (χ3v) is 2.93. The Morgan fingerprint density at radius 1 is 1.05 bits per heavy atom. The van der Waals surface area contributed by atoms with E-state index in [1.54, 1.807) is 42.5 Å². The highest BCUT2D eigenvalue weighted by Gasteiger charge is 2.21. The maximum absolute atomic E-state index is 11.9. The molecule has 2 aromatic rings. The van der Waals surface area contributed by atoms with E-state index in [4.69, 9.17) is 0 Å². The number of benzene rings is 2. The molecule has 0 spiro atoms. The number of hydrogen-bond acceptors (Lipinski definition) is 2. The highest BCUT2D eigenvalue weighted by molar-refractivity contribution is 5.92. The molecule has 2 aromatic carbocycles. The molecule has 0 fully saturated rings. The molecule has 108 valence electrons. The van der Waals surface area contributed by atoms with Crippen LogP contribution in [-0.4, -0.2) is 17.1 Å². The first kappa shape index (κ1) is 14.6. The van der Waals surface area contributed by atoms with E-state index in [0.29, 0.717) is 11.3 Å². The molecule has 3 N–H and O–H groups in total. The first-order chi connectivity index (χ1) is 10.1. The number of amides is 2. The van der Waals surface area contributed by atoms with Gasteiger partial charge in [-0.25, -0.2) is 9.59 Å². The van der Waals surface area contributed by atoms with E-state index < -0.39 is 18.0 Å². The van der Waals surface area contributed by atoms with Crippen molar-refractivity contribution in [3.8, 4) is 0 Å². The maximum Gasteiger partial charge on any atom is 0.330 e. The zero-order chi connectivity index (χ0) is 15.2. The lowest BCUT2D eigenvalue weighted by Crippen LogP contribution is -2.36. The lowest BCUT2D eigenvalue weighted by molar-refractivity contribution is -0.139. The minimum Gasteiger partial charge on any atom is -0.479 e. The number of carbonyl (C=O) groups excluding carboxylic acids is 1. The fourth-order valence-corrected chi connectivity index (χ4v) is 1.95. The van der Waals surface area contributed by atoms with Crippen molar-refractivity contribution < 1.29 is 14.7 Å². The van der Waals surface area contributed by atoms with Crippen LogP contribution in [0, 0.1) is 6.92 Å². The van der Waals surface area contributed by atoms with Gasteiger partial charge >= 0.3 is 12.0 Å². The minimum atomic E-state index is -1.11. The summed E-state index contributed by atoms with van der Waals surface area (Å²) in [5, 5.41) is 14.3. The van der Waals surface area contributed by atoms with Crippen molar-refractivity contribution >= 4 is 17.7 Å². The van der Waals surface area contributed by atoms with E-state index in [1.807, 2.05) is 19.1 Å². The van der Waals surface area contributed by atoms with Gasteiger partial charge in [-0.05, 0) is 30.2 Å². The van der Waals surface area contributed by atoms with Gasteiger partial charge in [0.25, 0.3) is 0 Å². The van der Waals surface area contributed by atoms with Crippen molar-refractivity contribution in [2.45, 2.75) is 13.0 Å². The molecule has 0 aromatic heterocycles. The molecule has 1 unspecified atom stereocenters. The van der Waals surface area contributed by atoms with Gasteiger partial charge in [0.1, 0.15) is 0 Å². The third kappa shape index (κ3) is 4.07. The van der Waals surface area contributed by atoms with Crippen LogP contribution in [0.1, 0.15) is 17.2 Å². The van der Waals surface area contributed by atoms with E-state index in [-0.39, 0.29) is 0 Å². The molecule has 2 amide bonds. The molecular formula is C16H16N2O3. The molecule has 0 radical (unpaired) electrons. The Balaban J connectivity index is 2.07. The maximum atomic E-state index is 11.9. The fourth-order valence-electron chi connectivity index (χ4n) is 1.95. The quantitative estimate of drug-likeness (QED) is 0.807. The Labute approximate surface area is 122 Å². The zero-order valence-electron chi connectivity index (χ0n) is 11.5. The van der Waals surface area contributed by atoms with Crippen LogP contribution >= 0.6 is 0 Å². The van der Waals surface area contributed by atoms with Gasteiger partial charge in [0.15, 0.2) is 6.04 Å². The molecule has 0 saturated carbocycles. The average Bonchev–Trinajstić information content (AvgIpc) is 2.45. The van der Waals surface area contributed by atoms with Gasteiger partial charge in [-0.3, -0.25) is 0 Å². The summed E-state index contributed by atoms with van der Waals surface area (Å²) in [6.45, 7) is 1.91. The molecular weight excluding hydrogens is 268 g/mol. The van der Waals surface area contributed by atoms with E-state index >= 15 is 0 Å². The average molecular weight is 284 g/mol. The summed E-state index contributed by atoms with van der Waals surface area (Å²) in [7, 11) is 0. The van der Waals surface area contributed by atoms with Crippen molar-refractivity contribution in [2.24, 2.45) is 0 Å². The van der Waals surface area contributed by atoms with Crippen molar-refractivity contribution in [1.82, 2.24) is 5.32 Å². The van der Waals surface area contributed by atoms with Crippen LogP contribution < -0.4 is 10.6 Å². The molecule has 0 heterocycles. The molecule has 0 bridgehead atoms. The van der Waals surface area contributed by atoms with Crippen LogP contribution in [0.25, 0.3) is 0 Å². The molecule has 5 nitrogen and oxygen atoms in total. The predicted molar refractivity (Wildman–Crippen MR) is 80.2 cm³/mol. The largest absolute Gasteiger partial charge is 0.479 e. The SMILES string of the molecule is Cc1cccc(NC(=O)NC(C(=O)O)c2ccccc2)c1. The van der Waals surface area contributed by atoms with Crippen LogP contribution in [0.4, 0.5) is 10.5 Å². The summed E-state index contributed by atoms with van der Waals surface area (Å²) < 4.78 is 0. The summed E-state index contributed by atoms with van der Waals surface area (Å²) in [6.07, 6.45) is 0. The van der Waals surface area contributed by atoms with Gasteiger partial charge in [0.05, 0.1) is 0 Å².